The molecular weight excluding hydrogens is 172 g/mol. The van der Waals surface area contributed by atoms with Crippen LogP contribution in [0.1, 0.15) is 47.5 Å². The van der Waals surface area contributed by atoms with Crippen LogP contribution >= 0.6 is 0 Å². The predicted octanol–water partition coefficient (Wildman–Crippen LogP) is 2.39. The third-order valence-electron chi connectivity index (χ3n) is 2.66. The fraction of sp³-hybridized carbons (Fsp3) is 1.00. The highest BCUT2D eigenvalue weighted by Crippen LogP contribution is 2.15. The molecule has 0 amide bonds. The molecule has 3 N–H and O–H groups in total. The summed E-state index contributed by atoms with van der Waals surface area (Å²) >= 11 is 0. The molecule has 1 atom stereocenters. The number of nitrogens with one attached hydrogen (secondary N) is 1. The minimum Gasteiger partial charge on any atom is -0.329 e. The van der Waals surface area contributed by atoms with Crippen molar-refractivity contribution in [1.82, 2.24) is 5.32 Å². The van der Waals surface area contributed by atoms with Crippen molar-refractivity contribution >= 4 is 0 Å². The molecule has 0 spiro atoms. The third-order valence-corrected chi connectivity index (χ3v) is 2.66. The summed E-state index contributed by atoms with van der Waals surface area (Å²) < 4.78 is 0. The maximum absolute atomic E-state index is 5.82. The molecule has 0 fully saturated rings. The van der Waals surface area contributed by atoms with Crippen LogP contribution in [-0.2, 0) is 0 Å². The van der Waals surface area contributed by atoms with Gasteiger partial charge in [-0.15, -0.1) is 0 Å². The van der Waals surface area contributed by atoms with Crippen LogP contribution in [0.5, 0.6) is 0 Å². The van der Waals surface area contributed by atoms with Crippen molar-refractivity contribution in [2.24, 2.45) is 17.6 Å². The Morgan fingerprint density at radius 1 is 1.14 bits per heavy atom. The molecule has 0 aliphatic rings. The van der Waals surface area contributed by atoms with Crippen LogP contribution in [0.3, 0.4) is 0 Å². The van der Waals surface area contributed by atoms with Crippen LogP contribution in [0.15, 0.2) is 0 Å². The van der Waals surface area contributed by atoms with Crippen molar-refractivity contribution < 1.29 is 0 Å². The predicted molar refractivity (Wildman–Crippen MR) is 64.4 cm³/mol. The van der Waals surface area contributed by atoms with Crippen molar-refractivity contribution in [1.29, 1.82) is 0 Å². The Morgan fingerprint density at radius 2 is 1.71 bits per heavy atom. The number of hydrogen-bond donors (Lipinski definition) is 2. The minimum absolute atomic E-state index is 0.133. The van der Waals surface area contributed by atoms with Gasteiger partial charge in [-0.3, -0.25) is 0 Å². The summed E-state index contributed by atoms with van der Waals surface area (Å²) in [5.41, 5.74) is 5.95. The smallest absolute Gasteiger partial charge is 0.0275 e. The Hall–Kier alpha value is -0.0800. The summed E-state index contributed by atoms with van der Waals surface area (Å²) in [6.07, 6.45) is 2.42. The Bertz CT molecular complexity index is 129. The maximum atomic E-state index is 5.82. The van der Waals surface area contributed by atoms with Gasteiger partial charge in [-0.25, -0.2) is 0 Å². The van der Waals surface area contributed by atoms with Crippen LogP contribution in [0.4, 0.5) is 0 Å². The van der Waals surface area contributed by atoms with Crippen LogP contribution in [0.25, 0.3) is 0 Å². The average Bonchev–Trinajstić information content (AvgIpc) is 2.11. The fourth-order valence-corrected chi connectivity index (χ4v) is 1.32. The highest BCUT2D eigenvalue weighted by atomic mass is 15.0. The quantitative estimate of drug-likeness (QED) is 0.662. The van der Waals surface area contributed by atoms with Crippen molar-refractivity contribution in [3.8, 4) is 0 Å². The zero-order valence-electron chi connectivity index (χ0n) is 10.6. The summed E-state index contributed by atoms with van der Waals surface area (Å²) in [5.74, 6) is 1.46. The van der Waals surface area contributed by atoms with E-state index in [1.54, 1.807) is 0 Å². The molecular formula is C12H28N2. The molecule has 0 saturated carbocycles. The lowest BCUT2D eigenvalue weighted by Crippen LogP contribution is -2.50. The van der Waals surface area contributed by atoms with Gasteiger partial charge in [-0.2, -0.15) is 0 Å². The first-order valence-corrected chi connectivity index (χ1v) is 5.84. The SMILES string of the molecule is CC(C)CCC(C)(CN)NCC(C)C. The standard InChI is InChI=1S/C12H28N2/c1-10(2)6-7-12(5,9-13)14-8-11(3)4/h10-11,14H,6-9,13H2,1-5H3. The molecule has 0 rings (SSSR count). The van der Waals surface area contributed by atoms with Gasteiger partial charge in [0.2, 0.25) is 0 Å². The highest BCUT2D eigenvalue weighted by Gasteiger charge is 2.21. The topological polar surface area (TPSA) is 38.0 Å². The van der Waals surface area contributed by atoms with E-state index >= 15 is 0 Å². The minimum atomic E-state index is 0.133. The van der Waals surface area contributed by atoms with Gasteiger partial charge in [-0.05, 0) is 38.1 Å². The summed E-state index contributed by atoms with van der Waals surface area (Å²) in [4.78, 5) is 0. The Balaban J connectivity index is 3.91. The Kier molecular flexibility index (Phi) is 6.38. The van der Waals surface area contributed by atoms with E-state index in [9.17, 15) is 0 Å². The lowest BCUT2D eigenvalue weighted by Gasteiger charge is -2.31. The zero-order valence-corrected chi connectivity index (χ0v) is 10.6. The van der Waals surface area contributed by atoms with E-state index in [1.807, 2.05) is 0 Å². The molecule has 0 radical (unpaired) electrons. The monoisotopic (exact) mass is 200 g/mol. The third kappa shape index (κ3) is 6.39. The first-order valence-electron chi connectivity index (χ1n) is 5.84. The van der Waals surface area contributed by atoms with Crippen molar-refractivity contribution in [2.45, 2.75) is 53.0 Å². The van der Waals surface area contributed by atoms with Gasteiger partial charge in [-0.1, -0.05) is 27.7 Å². The summed E-state index contributed by atoms with van der Waals surface area (Å²) in [6, 6.07) is 0. The van der Waals surface area contributed by atoms with Crippen LogP contribution < -0.4 is 11.1 Å². The number of rotatable bonds is 7. The second-order valence-corrected chi connectivity index (χ2v) is 5.47. The molecule has 0 aromatic rings. The Labute approximate surface area is 89.6 Å². The van der Waals surface area contributed by atoms with Crippen LogP contribution in [0, 0.1) is 11.8 Å². The largest absolute Gasteiger partial charge is 0.329 e. The van der Waals surface area contributed by atoms with Gasteiger partial charge in [0.05, 0.1) is 0 Å². The van der Waals surface area contributed by atoms with Gasteiger partial charge in [0.1, 0.15) is 0 Å². The molecule has 0 aliphatic carbocycles. The molecule has 0 aliphatic heterocycles. The maximum Gasteiger partial charge on any atom is 0.0275 e. The molecule has 2 nitrogen and oxygen atoms in total. The van der Waals surface area contributed by atoms with Crippen LogP contribution in [-0.4, -0.2) is 18.6 Å². The molecule has 0 aromatic heterocycles. The van der Waals surface area contributed by atoms with E-state index in [4.69, 9.17) is 5.73 Å². The molecule has 1 unspecified atom stereocenters. The first kappa shape index (κ1) is 13.9. The van der Waals surface area contributed by atoms with Gasteiger partial charge < -0.3 is 11.1 Å². The van der Waals surface area contributed by atoms with Gasteiger partial charge in [0.15, 0.2) is 0 Å². The molecule has 0 bridgehead atoms. The Morgan fingerprint density at radius 3 is 2.07 bits per heavy atom. The van der Waals surface area contributed by atoms with Crippen molar-refractivity contribution in [3.63, 3.8) is 0 Å². The van der Waals surface area contributed by atoms with Gasteiger partial charge >= 0.3 is 0 Å². The molecule has 0 heterocycles. The van der Waals surface area contributed by atoms with Crippen molar-refractivity contribution in [2.75, 3.05) is 13.1 Å². The van der Waals surface area contributed by atoms with E-state index < -0.39 is 0 Å². The normalized spacial score (nSPS) is 16.3. The van der Waals surface area contributed by atoms with E-state index in [0.717, 1.165) is 19.0 Å². The molecule has 0 aromatic carbocycles. The van der Waals surface area contributed by atoms with Gasteiger partial charge in [0.25, 0.3) is 0 Å². The highest BCUT2D eigenvalue weighted by molar-refractivity contribution is 4.84. The summed E-state index contributed by atoms with van der Waals surface area (Å²) in [7, 11) is 0. The van der Waals surface area contributed by atoms with E-state index in [1.165, 1.54) is 12.8 Å². The first-order chi connectivity index (χ1) is 6.39. The van der Waals surface area contributed by atoms with Crippen molar-refractivity contribution in [3.05, 3.63) is 0 Å². The second-order valence-electron chi connectivity index (χ2n) is 5.47. The summed E-state index contributed by atoms with van der Waals surface area (Å²) in [6.45, 7) is 13.0. The van der Waals surface area contributed by atoms with E-state index in [2.05, 4.69) is 39.9 Å². The summed E-state index contributed by atoms with van der Waals surface area (Å²) in [5, 5.41) is 3.58. The molecule has 14 heavy (non-hydrogen) atoms. The number of hydrogen-bond acceptors (Lipinski definition) is 2. The molecule has 86 valence electrons. The van der Waals surface area contributed by atoms with E-state index in [-0.39, 0.29) is 5.54 Å². The van der Waals surface area contributed by atoms with Gasteiger partial charge in [0, 0.05) is 12.1 Å². The second kappa shape index (κ2) is 6.41. The van der Waals surface area contributed by atoms with E-state index in [0.29, 0.717) is 5.92 Å². The number of nitrogens with two attached hydrogens (primary N) is 1. The lowest BCUT2D eigenvalue weighted by atomic mass is 9.91. The average molecular weight is 200 g/mol. The lowest BCUT2D eigenvalue weighted by molar-refractivity contribution is 0.300. The zero-order chi connectivity index (χ0) is 11.2. The molecule has 2 heteroatoms. The molecule has 0 saturated heterocycles. The van der Waals surface area contributed by atoms with Crippen LogP contribution in [0.2, 0.25) is 0 Å². The fourth-order valence-electron chi connectivity index (χ4n) is 1.32.